The fourth-order valence-corrected chi connectivity index (χ4v) is 2.53. The van der Waals surface area contributed by atoms with Gasteiger partial charge >= 0.3 is 6.03 Å². The monoisotopic (exact) mass is 287 g/mol. The van der Waals surface area contributed by atoms with Gasteiger partial charge in [-0.1, -0.05) is 20.3 Å². The maximum atomic E-state index is 12.5. The Kier molecular flexibility index (Phi) is 3.16. The number of hydrogen-bond donors (Lipinski definition) is 1. The number of aromatic nitrogens is 1. The Bertz CT molecular complexity index is 722. The molecule has 2 atom stereocenters. The van der Waals surface area contributed by atoms with Crippen LogP contribution in [0.5, 0.6) is 0 Å². The molecule has 1 aromatic heterocycles. The van der Waals surface area contributed by atoms with E-state index in [1.807, 2.05) is 13.8 Å². The Morgan fingerprint density at radius 1 is 1.43 bits per heavy atom. The van der Waals surface area contributed by atoms with Crippen LogP contribution in [0.25, 0.3) is 11.1 Å². The average molecular weight is 287 g/mol. The highest BCUT2D eigenvalue weighted by Gasteiger charge is 2.41. The van der Waals surface area contributed by atoms with Gasteiger partial charge in [0.15, 0.2) is 11.5 Å². The summed E-state index contributed by atoms with van der Waals surface area (Å²) < 4.78 is 5.40. The van der Waals surface area contributed by atoms with Crippen LogP contribution in [0.1, 0.15) is 26.2 Å². The van der Waals surface area contributed by atoms with Crippen molar-refractivity contribution >= 4 is 28.7 Å². The first kappa shape index (κ1) is 13.6. The number of amides is 3. The van der Waals surface area contributed by atoms with Gasteiger partial charge in [0.05, 0.1) is 5.69 Å². The Balaban J connectivity index is 1.97. The number of imide groups is 1. The summed E-state index contributed by atoms with van der Waals surface area (Å²) in [5, 5.41) is 2.75. The van der Waals surface area contributed by atoms with Crippen molar-refractivity contribution in [2.45, 2.75) is 33.2 Å². The van der Waals surface area contributed by atoms with E-state index >= 15 is 0 Å². The van der Waals surface area contributed by atoms with Gasteiger partial charge in [0.2, 0.25) is 0 Å². The van der Waals surface area contributed by atoms with E-state index in [0.717, 1.165) is 6.42 Å². The molecular weight excluding hydrogens is 270 g/mol. The number of nitrogens with one attached hydrogen (secondary N) is 1. The van der Waals surface area contributed by atoms with Gasteiger partial charge in [-0.15, -0.1) is 0 Å². The molecule has 1 fully saturated rings. The average Bonchev–Trinajstić information content (AvgIpc) is 2.96. The fourth-order valence-electron chi connectivity index (χ4n) is 2.53. The van der Waals surface area contributed by atoms with Crippen LogP contribution in [-0.2, 0) is 4.79 Å². The molecule has 3 rings (SSSR count). The zero-order chi connectivity index (χ0) is 15.1. The summed E-state index contributed by atoms with van der Waals surface area (Å²) in [5.41, 5.74) is 1.79. The first-order valence-corrected chi connectivity index (χ1v) is 7.03. The quantitative estimate of drug-likeness (QED) is 0.880. The fraction of sp³-hybridized carbons (Fsp3) is 0.400. The largest absolute Gasteiger partial charge is 0.441 e. The zero-order valence-electron chi connectivity index (χ0n) is 12.2. The van der Waals surface area contributed by atoms with Crippen LogP contribution in [0.15, 0.2) is 22.6 Å². The van der Waals surface area contributed by atoms with E-state index in [-0.39, 0.29) is 17.9 Å². The molecule has 0 aliphatic carbocycles. The van der Waals surface area contributed by atoms with Gasteiger partial charge in [-0.3, -0.25) is 4.79 Å². The van der Waals surface area contributed by atoms with Crippen LogP contribution in [0.2, 0.25) is 0 Å². The molecule has 2 aromatic rings. The Hall–Kier alpha value is -2.37. The maximum Gasteiger partial charge on any atom is 0.329 e. The topological polar surface area (TPSA) is 75.4 Å². The lowest BCUT2D eigenvalue weighted by Gasteiger charge is -2.16. The molecule has 6 heteroatoms. The summed E-state index contributed by atoms with van der Waals surface area (Å²) in [7, 11) is 0. The molecule has 3 amide bonds. The van der Waals surface area contributed by atoms with Gasteiger partial charge in [0.1, 0.15) is 11.6 Å². The summed E-state index contributed by atoms with van der Waals surface area (Å²) in [6.07, 6.45) is 0.825. The van der Waals surface area contributed by atoms with E-state index in [1.54, 1.807) is 25.1 Å². The summed E-state index contributed by atoms with van der Waals surface area (Å²) in [6.45, 7) is 5.71. The van der Waals surface area contributed by atoms with Crippen LogP contribution >= 0.6 is 0 Å². The summed E-state index contributed by atoms with van der Waals surface area (Å²) in [4.78, 5) is 30.0. The van der Waals surface area contributed by atoms with E-state index in [9.17, 15) is 9.59 Å². The van der Waals surface area contributed by atoms with Gasteiger partial charge in [-0.05, 0) is 24.1 Å². The lowest BCUT2D eigenvalue weighted by Crippen LogP contribution is -2.35. The van der Waals surface area contributed by atoms with Gasteiger partial charge in [0, 0.05) is 6.92 Å². The number of hydrogen-bond acceptors (Lipinski definition) is 4. The molecule has 0 spiro atoms. The molecule has 1 N–H and O–H groups in total. The number of carbonyl (C=O) groups is 2. The molecule has 1 aliphatic rings. The number of carbonyl (C=O) groups excluding carboxylic acids is 2. The smallest absolute Gasteiger partial charge is 0.329 e. The summed E-state index contributed by atoms with van der Waals surface area (Å²) in [6, 6.07) is 4.27. The van der Waals surface area contributed by atoms with Crippen LogP contribution in [0.3, 0.4) is 0 Å². The van der Waals surface area contributed by atoms with Gasteiger partial charge in [-0.25, -0.2) is 14.7 Å². The van der Waals surface area contributed by atoms with E-state index in [1.165, 1.54) is 4.90 Å². The molecule has 1 saturated heterocycles. The van der Waals surface area contributed by atoms with Crippen molar-refractivity contribution in [2.75, 3.05) is 4.90 Å². The highest BCUT2D eigenvalue weighted by atomic mass is 16.3. The maximum absolute atomic E-state index is 12.5. The highest BCUT2D eigenvalue weighted by Crippen LogP contribution is 2.27. The van der Waals surface area contributed by atoms with Gasteiger partial charge in [0.25, 0.3) is 5.91 Å². The van der Waals surface area contributed by atoms with E-state index in [4.69, 9.17) is 4.42 Å². The molecule has 21 heavy (non-hydrogen) atoms. The Morgan fingerprint density at radius 3 is 2.90 bits per heavy atom. The normalized spacial score (nSPS) is 20.1. The number of nitrogens with zero attached hydrogens (tertiary/aromatic N) is 2. The SMILES string of the molecule is CCC(C)C1NC(=O)N(c2ccc3oc(C)nc3c2)C1=O. The molecule has 0 saturated carbocycles. The van der Waals surface area contributed by atoms with E-state index in [2.05, 4.69) is 10.3 Å². The minimum atomic E-state index is -0.461. The van der Waals surface area contributed by atoms with Crippen molar-refractivity contribution in [1.82, 2.24) is 10.3 Å². The summed E-state index contributed by atoms with van der Waals surface area (Å²) >= 11 is 0. The van der Waals surface area contributed by atoms with Crippen LogP contribution in [-0.4, -0.2) is 23.0 Å². The van der Waals surface area contributed by atoms with Crippen molar-refractivity contribution in [3.63, 3.8) is 0 Å². The molecule has 2 unspecified atom stereocenters. The van der Waals surface area contributed by atoms with Crippen molar-refractivity contribution in [2.24, 2.45) is 5.92 Å². The second kappa shape index (κ2) is 4.87. The minimum absolute atomic E-state index is 0.101. The number of anilines is 1. The molecule has 1 aromatic carbocycles. The standard InChI is InChI=1S/C15H17N3O3/c1-4-8(2)13-14(19)18(15(20)17-13)10-5-6-12-11(7-10)16-9(3)21-12/h5-8,13H,4H2,1-3H3,(H,17,20). The van der Waals surface area contributed by atoms with E-state index < -0.39 is 6.04 Å². The van der Waals surface area contributed by atoms with Crippen molar-refractivity contribution in [3.05, 3.63) is 24.1 Å². The first-order valence-electron chi connectivity index (χ1n) is 7.03. The first-order chi connectivity index (χ1) is 10.0. The molecule has 6 nitrogen and oxygen atoms in total. The third-order valence-electron chi connectivity index (χ3n) is 3.92. The number of fused-ring (bicyclic) bond motifs is 1. The zero-order valence-corrected chi connectivity index (χ0v) is 12.2. The Morgan fingerprint density at radius 2 is 2.19 bits per heavy atom. The number of oxazole rings is 1. The highest BCUT2D eigenvalue weighted by molar-refractivity contribution is 6.21. The third-order valence-corrected chi connectivity index (χ3v) is 3.92. The van der Waals surface area contributed by atoms with Gasteiger partial charge in [-0.2, -0.15) is 0 Å². The predicted octanol–water partition coefficient (Wildman–Crippen LogP) is 2.61. The lowest BCUT2D eigenvalue weighted by molar-refractivity contribution is -0.119. The lowest BCUT2D eigenvalue weighted by atomic mass is 9.99. The van der Waals surface area contributed by atoms with Crippen LogP contribution < -0.4 is 10.2 Å². The number of benzene rings is 1. The second-order valence-corrected chi connectivity index (χ2v) is 5.37. The molecule has 110 valence electrons. The van der Waals surface area contributed by atoms with Crippen molar-refractivity contribution < 1.29 is 14.0 Å². The van der Waals surface area contributed by atoms with Crippen LogP contribution in [0.4, 0.5) is 10.5 Å². The predicted molar refractivity (Wildman–Crippen MR) is 78.0 cm³/mol. The Labute approximate surface area is 122 Å². The third kappa shape index (κ3) is 2.16. The molecule has 1 aliphatic heterocycles. The number of rotatable bonds is 3. The molecule has 0 bridgehead atoms. The minimum Gasteiger partial charge on any atom is -0.441 e. The van der Waals surface area contributed by atoms with Gasteiger partial charge < -0.3 is 9.73 Å². The second-order valence-electron chi connectivity index (χ2n) is 5.37. The molecular formula is C15H17N3O3. The van der Waals surface area contributed by atoms with Crippen LogP contribution in [0, 0.1) is 12.8 Å². The molecule has 0 radical (unpaired) electrons. The van der Waals surface area contributed by atoms with Crippen molar-refractivity contribution in [1.29, 1.82) is 0 Å². The summed E-state index contributed by atoms with van der Waals surface area (Å²) in [5.74, 6) is 0.440. The molecule has 2 heterocycles. The van der Waals surface area contributed by atoms with Crippen molar-refractivity contribution in [3.8, 4) is 0 Å². The number of aryl methyl sites for hydroxylation is 1. The van der Waals surface area contributed by atoms with E-state index in [0.29, 0.717) is 22.7 Å². The number of urea groups is 1.